The van der Waals surface area contributed by atoms with E-state index in [0.717, 1.165) is 22.8 Å². The van der Waals surface area contributed by atoms with E-state index in [2.05, 4.69) is 164 Å². The van der Waals surface area contributed by atoms with Gasteiger partial charge in [0.15, 0.2) is 0 Å². The van der Waals surface area contributed by atoms with Gasteiger partial charge in [-0.3, -0.25) is 19.9 Å². The van der Waals surface area contributed by atoms with Gasteiger partial charge in [0.1, 0.15) is 0 Å². The van der Waals surface area contributed by atoms with Crippen LogP contribution in [0.3, 0.4) is 0 Å². The Kier molecular flexibility index (Phi) is 25.4. The summed E-state index contributed by atoms with van der Waals surface area (Å²) in [6.07, 6.45) is 7.07. The van der Waals surface area contributed by atoms with Crippen LogP contribution in [0.1, 0.15) is 83.1 Å². The van der Waals surface area contributed by atoms with E-state index in [1.54, 1.807) is 35.4 Å². The van der Waals surface area contributed by atoms with Crippen molar-refractivity contribution in [3.63, 3.8) is 0 Å². The molecule has 0 unspecified atom stereocenters. The Morgan fingerprint density at radius 3 is 0.571 bits per heavy atom. The van der Waals surface area contributed by atoms with E-state index in [1.165, 1.54) is 0 Å². The molecule has 0 spiro atoms. The average Bonchev–Trinajstić information content (AvgIpc) is 3.16. The van der Waals surface area contributed by atoms with Crippen LogP contribution in [0.25, 0.3) is 22.8 Å². The van der Waals surface area contributed by atoms with E-state index in [4.69, 9.17) is 0 Å². The maximum atomic E-state index is 9.87. The van der Waals surface area contributed by atoms with Crippen LogP contribution in [-0.2, 0) is 44.8 Å². The molecule has 4 nitrogen and oxygen atoms in total. The largest absolute Gasteiger partial charge is 1.00 e. The van der Waals surface area contributed by atoms with Gasteiger partial charge in [-0.2, -0.15) is 0 Å². The first-order valence-electron chi connectivity index (χ1n) is 20.9. The summed E-state index contributed by atoms with van der Waals surface area (Å²) in [5, 5.41) is 4.74. The van der Waals surface area contributed by atoms with Crippen molar-refractivity contribution >= 4 is 42.1 Å². The molecule has 4 heterocycles. The average molecular weight is 1260 g/mol. The molecule has 0 aliphatic rings. The summed E-state index contributed by atoms with van der Waals surface area (Å²) in [5.41, 5.74) is 3.66. The molecule has 70 heavy (non-hydrogen) atoms. The molecular formula is C48H64Ag2F12N4P4+2. The molecule has 0 radical (unpaired) electrons. The van der Waals surface area contributed by atoms with Gasteiger partial charge in [-0.15, -0.1) is 0 Å². The van der Waals surface area contributed by atoms with Gasteiger partial charge in [0.2, 0.25) is 0 Å². The third-order valence-electron chi connectivity index (χ3n) is 8.31. The van der Waals surface area contributed by atoms with Gasteiger partial charge < -0.3 is 0 Å². The summed E-state index contributed by atoms with van der Waals surface area (Å²) in [4.78, 5) is 16.7. The first kappa shape index (κ1) is 69.5. The summed E-state index contributed by atoms with van der Waals surface area (Å²) in [6, 6.07) is 45.2. The molecule has 6 rings (SSSR count). The molecule has 0 fully saturated rings. The molecule has 0 N–H and O–H groups in total. The maximum Gasteiger partial charge on any atom is 1.00 e. The monoisotopic (exact) mass is 1260 g/mol. The zero-order valence-corrected chi connectivity index (χ0v) is 47.6. The van der Waals surface area contributed by atoms with Crippen molar-refractivity contribution in [2.75, 3.05) is 0 Å². The second-order valence-electron chi connectivity index (χ2n) is 19.3. The zero-order chi connectivity index (χ0) is 52.6. The van der Waals surface area contributed by atoms with Crippen LogP contribution in [-0.4, -0.2) is 40.6 Å². The van der Waals surface area contributed by atoms with Crippen molar-refractivity contribution in [3.05, 3.63) is 158 Å². The molecule has 0 aliphatic carbocycles. The Balaban J connectivity index is 0. The fraction of sp³-hybridized carbons (Fsp3) is 0.333. The standard InChI is InChI=1S/2C14H23P.2C10H8N2.2Ag.2F6P/c2*1-13(2,3)15(14(4,5)6)12-10-8-7-9-11-12;2*1-3-7-11-9(5-1)10-6-2-4-8-12-10;;;2*1-7(2,3,4,5)6/h2*7-11H,1-6H3;2*1-8H;;;;/q;;;;2*+1;2*-1/p+2. The number of hydrogen-bond donors (Lipinski definition) is 0. The van der Waals surface area contributed by atoms with Crippen LogP contribution < -0.4 is 10.6 Å². The van der Waals surface area contributed by atoms with Crippen molar-refractivity contribution < 1.29 is 95.1 Å². The van der Waals surface area contributed by atoms with Gasteiger partial charge in [0.25, 0.3) is 0 Å². The van der Waals surface area contributed by atoms with Crippen molar-refractivity contribution in [2.45, 2.75) is 104 Å². The second kappa shape index (κ2) is 25.6. The van der Waals surface area contributed by atoms with Crippen LogP contribution in [0.4, 0.5) is 50.4 Å². The Morgan fingerprint density at radius 2 is 0.443 bits per heavy atom. The van der Waals surface area contributed by atoms with Gasteiger partial charge in [-0.25, -0.2) is 0 Å². The van der Waals surface area contributed by atoms with Gasteiger partial charge in [-0.05, 0) is 156 Å². The van der Waals surface area contributed by atoms with Crippen LogP contribution in [0.5, 0.6) is 0 Å². The van der Waals surface area contributed by atoms with Gasteiger partial charge in [-0.1, -0.05) is 60.7 Å². The number of nitrogens with zero attached hydrogens (tertiary/aromatic N) is 4. The van der Waals surface area contributed by atoms with E-state index in [9.17, 15) is 50.4 Å². The van der Waals surface area contributed by atoms with Crippen LogP contribution in [0, 0.1) is 0 Å². The summed E-state index contributed by atoms with van der Waals surface area (Å²) >= 11 is 0. The number of rotatable bonds is 4. The number of pyridine rings is 4. The fourth-order valence-electron chi connectivity index (χ4n) is 7.25. The predicted molar refractivity (Wildman–Crippen MR) is 270 cm³/mol. The van der Waals surface area contributed by atoms with Crippen molar-refractivity contribution in [2.24, 2.45) is 0 Å². The van der Waals surface area contributed by atoms with E-state index < -0.39 is 31.5 Å². The van der Waals surface area contributed by atoms with E-state index in [0.29, 0.717) is 20.6 Å². The molecule has 0 aliphatic heterocycles. The Labute approximate surface area is 439 Å². The molecule has 22 heteroatoms. The van der Waals surface area contributed by atoms with Crippen molar-refractivity contribution in [3.8, 4) is 22.8 Å². The minimum Gasteiger partial charge on any atom is -0.255 e. The molecule has 4 aromatic heterocycles. The summed E-state index contributed by atoms with van der Waals surface area (Å²) in [5.74, 6) is 0. The fourth-order valence-corrected chi connectivity index (χ4v) is 16.3. The first-order valence-corrected chi connectivity index (χ1v) is 28.0. The summed E-state index contributed by atoms with van der Waals surface area (Å²) < 4.78 is 118. The Bertz CT molecular complexity index is 2060. The third kappa shape index (κ3) is 37.2. The second-order valence-corrected chi connectivity index (χ2v) is 31.7. The maximum absolute atomic E-state index is 10.7. The van der Waals surface area contributed by atoms with Crippen molar-refractivity contribution in [1.82, 2.24) is 19.9 Å². The van der Waals surface area contributed by atoms with Gasteiger partial charge in [0.05, 0.1) is 54.0 Å². The molecule has 0 saturated carbocycles. The smallest absolute Gasteiger partial charge is 0.255 e. The summed E-state index contributed by atoms with van der Waals surface area (Å²) in [7, 11) is -22.4. The molecule has 0 amide bonds. The molecule has 400 valence electrons. The van der Waals surface area contributed by atoms with Crippen molar-refractivity contribution in [1.29, 1.82) is 0 Å². The van der Waals surface area contributed by atoms with Crippen LogP contribution in [0.2, 0.25) is 0 Å². The topological polar surface area (TPSA) is 51.6 Å². The summed E-state index contributed by atoms with van der Waals surface area (Å²) in [6.45, 7) is 28.5. The minimum atomic E-state index is -10.7. The molecule has 0 saturated heterocycles. The molecule has 6 aromatic rings. The minimum absolute atomic E-state index is 0. The zero-order valence-electron chi connectivity index (χ0n) is 40.8. The molecule has 0 atom stereocenters. The van der Waals surface area contributed by atoms with E-state index in [-0.39, 0.29) is 44.8 Å². The Hall–Kier alpha value is -2.60. The van der Waals surface area contributed by atoms with Gasteiger partial charge >= 0.3 is 111 Å². The van der Waals surface area contributed by atoms with Gasteiger partial charge in [0, 0.05) is 40.6 Å². The van der Waals surface area contributed by atoms with E-state index in [1.807, 2.05) is 72.8 Å². The third-order valence-corrected chi connectivity index (χ3v) is 16.1. The van der Waals surface area contributed by atoms with Crippen LogP contribution in [0.15, 0.2) is 158 Å². The number of halogens is 12. The normalized spacial score (nSPS) is 13.6. The SMILES string of the molecule is CC(C)(C)[PH+](c1ccccc1)C(C)(C)C.CC(C)(C)[PH+](c1ccccc1)C(C)(C)C.F[P-](F)(F)(F)(F)F.F[P-](F)(F)(F)(F)F.[Ag+].[Ag+].c1ccc(-c2ccccn2)nc1.c1ccc(-c2ccccn2)nc1. The predicted octanol–water partition coefficient (Wildman–Crippen LogP) is 19.3. The molecule has 2 aromatic carbocycles. The first-order chi connectivity index (χ1) is 30.3. The Morgan fingerprint density at radius 1 is 0.286 bits per heavy atom. The quantitative estimate of drug-likeness (QED) is 0.100. The number of aromatic nitrogens is 4. The number of hydrogen-bond acceptors (Lipinski definition) is 4. The number of benzene rings is 2. The molecular weight excluding hydrogens is 1200 g/mol. The molecule has 0 bridgehead atoms. The van der Waals surface area contributed by atoms with E-state index >= 15 is 0 Å². The van der Waals surface area contributed by atoms with Crippen LogP contribution >= 0.6 is 31.5 Å².